The van der Waals surface area contributed by atoms with Gasteiger partial charge in [0, 0.05) is 19.3 Å². The van der Waals surface area contributed by atoms with Gasteiger partial charge in [0.2, 0.25) is 0 Å². The molecule has 0 aliphatic carbocycles. The zero-order chi connectivity index (χ0) is 15.5. The highest BCUT2D eigenvalue weighted by Crippen LogP contribution is 2.20. The molecule has 21 heavy (non-hydrogen) atoms. The van der Waals surface area contributed by atoms with Gasteiger partial charge in [0.15, 0.2) is 0 Å². The quantitative estimate of drug-likeness (QED) is 0.836. The number of hydrogen-bond acceptors (Lipinski definition) is 4. The Kier molecular flexibility index (Phi) is 4.92. The van der Waals surface area contributed by atoms with Gasteiger partial charge in [0.1, 0.15) is 0 Å². The minimum Gasteiger partial charge on any atom is -0.481 e. The van der Waals surface area contributed by atoms with E-state index in [-0.39, 0.29) is 6.54 Å². The molecule has 0 radical (unpaired) electrons. The van der Waals surface area contributed by atoms with Gasteiger partial charge in [-0.15, -0.1) is 0 Å². The maximum absolute atomic E-state index is 12.3. The van der Waals surface area contributed by atoms with E-state index in [2.05, 4.69) is 9.71 Å². The third-order valence-corrected chi connectivity index (χ3v) is 5.19. The zero-order valence-corrected chi connectivity index (χ0v) is 12.6. The van der Waals surface area contributed by atoms with Gasteiger partial charge < -0.3 is 5.11 Å². The lowest BCUT2D eigenvalue weighted by Crippen LogP contribution is -2.48. The second kappa shape index (κ2) is 6.50. The Morgan fingerprint density at radius 1 is 1.52 bits per heavy atom. The van der Waals surface area contributed by atoms with Gasteiger partial charge in [-0.3, -0.25) is 9.78 Å². The van der Waals surface area contributed by atoms with Crippen molar-refractivity contribution in [3.8, 4) is 0 Å². The number of pyridine rings is 1. The molecular formula is C13H19N3O4S. The number of rotatable bonds is 5. The average Bonchev–Trinajstić information content (AvgIpc) is 2.48. The van der Waals surface area contributed by atoms with Crippen molar-refractivity contribution in [3.63, 3.8) is 0 Å². The summed E-state index contributed by atoms with van der Waals surface area (Å²) < 4.78 is 28.4. The molecule has 1 saturated heterocycles. The first-order valence-electron chi connectivity index (χ1n) is 6.81. The summed E-state index contributed by atoms with van der Waals surface area (Å²) in [6, 6.07) is 4.81. The van der Waals surface area contributed by atoms with E-state index in [0.717, 1.165) is 0 Å². The standard InChI is InChI=1S/C13H19N3O4S/c1-10(12-6-2-3-7-14-12)15-21(19,20)16-8-4-5-11(9-16)13(17)18/h2-3,6-7,10-11,15H,4-5,8-9H2,1H3,(H,17,18)/t10-,11?/m0/s1. The Balaban J connectivity index is 2.06. The number of carbonyl (C=O) groups is 1. The smallest absolute Gasteiger partial charge is 0.307 e. The highest BCUT2D eigenvalue weighted by molar-refractivity contribution is 7.87. The molecule has 2 heterocycles. The van der Waals surface area contributed by atoms with Crippen molar-refractivity contribution in [2.45, 2.75) is 25.8 Å². The van der Waals surface area contributed by atoms with Gasteiger partial charge in [-0.05, 0) is 31.9 Å². The number of nitrogens with zero attached hydrogens (tertiary/aromatic N) is 2. The van der Waals surface area contributed by atoms with Gasteiger partial charge in [-0.1, -0.05) is 6.07 Å². The number of nitrogens with one attached hydrogen (secondary N) is 1. The van der Waals surface area contributed by atoms with E-state index in [1.165, 1.54) is 4.31 Å². The van der Waals surface area contributed by atoms with Crippen molar-refractivity contribution < 1.29 is 18.3 Å². The molecule has 0 saturated carbocycles. The average molecular weight is 313 g/mol. The number of aromatic nitrogens is 1. The van der Waals surface area contributed by atoms with Crippen LogP contribution in [0.15, 0.2) is 24.4 Å². The van der Waals surface area contributed by atoms with E-state index < -0.39 is 28.1 Å². The molecule has 0 aromatic carbocycles. The van der Waals surface area contributed by atoms with E-state index in [9.17, 15) is 13.2 Å². The monoisotopic (exact) mass is 313 g/mol. The SMILES string of the molecule is C[C@H](NS(=O)(=O)N1CCCC(C(=O)O)C1)c1ccccn1. The third-order valence-electron chi connectivity index (χ3n) is 3.53. The minimum atomic E-state index is -3.72. The van der Waals surface area contributed by atoms with Gasteiger partial charge in [-0.25, -0.2) is 0 Å². The Hall–Kier alpha value is -1.51. The van der Waals surface area contributed by atoms with E-state index in [0.29, 0.717) is 25.1 Å². The van der Waals surface area contributed by atoms with Crippen molar-refractivity contribution in [2.75, 3.05) is 13.1 Å². The lowest BCUT2D eigenvalue weighted by molar-refractivity contribution is -0.142. The molecule has 7 nitrogen and oxygen atoms in total. The molecule has 0 spiro atoms. The summed E-state index contributed by atoms with van der Waals surface area (Å²) in [4.78, 5) is 15.1. The summed E-state index contributed by atoms with van der Waals surface area (Å²) in [5, 5.41) is 9.03. The molecule has 1 unspecified atom stereocenters. The summed E-state index contributed by atoms with van der Waals surface area (Å²) in [5.74, 6) is -1.59. The first-order chi connectivity index (χ1) is 9.90. The molecule has 0 amide bonds. The predicted molar refractivity (Wildman–Crippen MR) is 76.6 cm³/mol. The zero-order valence-electron chi connectivity index (χ0n) is 11.8. The van der Waals surface area contributed by atoms with E-state index in [1.807, 2.05) is 0 Å². The van der Waals surface area contributed by atoms with Crippen LogP contribution in [0.25, 0.3) is 0 Å². The molecular weight excluding hydrogens is 294 g/mol. The van der Waals surface area contributed by atoms with Gasteiger partial charge in [0.05, 0.1) is 17.7 Å². The molecule has 8 heteroatoms. The van der Waals surface area contributed by atoms with Crippen molar-refractivity contribution in [2.24, 2.45) is 5.92 Å². The molecule has 1 aromatic rings. The maximum atomic E-state index is 12.3. The Labute approximate surface area is 124 Å². The van der Waals surface area contributed by atoms with E-state index in [4.69, 9.17) is 5.11 Å². The predicted octanol–water partition coefficient (Wildman–Crippen LogP) is 0.774. The molecule has 1 aliphatic heterocycles. The largest absolute Gasteiger partial charge is 0.481 e. The molecule has 1 aromatic heterocycles. The van der Waals surface area contributed by atoms with Crippen LogP contribution in [0.3, 0.4) is 0 Å². The van der Waals surface area contributed by atoms with Crippen LogP contribution >= 0.6 is 0 Å². The van der Waals surface area contributed by atoms with Crippen molar-refractivity contribution in [1.82, 2.24) is 14.0 Å². The first kappa shape index (κ1) is 15.9. The fraction of sp³-hybridized carbons (Fsp3) is 0.538. The molecule has 2 N–H and O–H groups in total. The van der Waals surface area contributed by atoms with E-state index in [1.54, 1.807) is 31.3 Å². The molecule has 1 aliphatic rings. The number of piperidine rings is 1. The molecule has 2 rings (SSSR count). The lowest BCUT2D eigenvalue weighted by Gasteiger charge is -2.30. The maximum Gasteiger partial charge on any atom is 0.307 e. The van der Waals surface area contributed by atoms with Crippen LogP contribution in [0.5, 0.6) is 0 Å². The molecule has 0 bridgehead atoms. The second-order valence-corrected chi connectivity index (χ2v) is 6.84. The highest BCUT2D eigenvalue weighted by Gasteiger charge is 2.33. The first-order valence-corrected chi connectivity index (χ1v) is 8.25. The fourth-order valence-electron chi connectivity index (χ4n) is 2.35. The Morgan fingerprint density at radius 2 is 2.29 bits per heavy atom. The third kappa shape index (κ3) is 3.99. The van der Waals surface area contributed by atoms with Crippen LogP contribution < -0.4 is 4.72 Å². The van der Waals surface area contributed by atoms with Gasteiger partial charge >= 0.3 is 5.97 Å². The number of carboxylic acids is 1. The van der Waals surface area contributed by atoms with Crippen LogP contribution in [0, 0.1) is 5.92 Å². The normalized spacial score (nSPS) is 21.9. The number of aliphatic carboxylic acids is 1. The molecule has 1 fully saturated rings. The second-order valence-electron chi connectivity index (χ2n) is 5.13. The van der Waals surface area contributed by atoms with Gasteiger partial charge in [0.25, 0.3) is 10.2 Å². The van der Waals surface area contributed by atoms with Crippen LogP contribution in [-0.2, 0) is 15.0 Å². The lowest BCUT2D eigenvalue weighted by atomic mass is 10.0. The molecule has 2 atom stereocenters. The van der Waals surface area contributed by atoms with Crippen molar-refractivity contribution in [1.29, 1.82) is 0 Å². The molecule has 116 valence electrons. The van der Waals surface area contributed by atoms with Crippen molar-refractivity contribution in [3.05, 3.63) is 30.1 Å². The Bertz CT molecular complexity index is 591. The minimum absolute atomic E-state index is 0.0135. The fourth-order valence-corrected chi connectivity index (χ4v) is 3.81. The van der Waals surface area contributed by atoms with Crippen LogP contribution in [0.1, 0.15) is 31.5 Å². The van der Waals surface area contributed by atoms with Crippen molar-refractivity contribution >= 4 is 16.2 Å². The topological polar surface area (TPSA) is 99.6 Å². The van der Waals surface area contributed by atoms with Crippen LogP contribution in [0.2, 0.25) is 0 Å². The summed E-state index contributed by atoms with van der Waals surface area (Å²) in [6.07, 6.45) is 2.66. The summed E-state index contributed by atoms with van der Waals surface area (Å²) in [5.41, 5.74) is 0.618. The van der Waals surface area contributed by atoms with Gasteiger partial charge in [-0.2, -0.15) is 17.4 Å². The summed E-state index contributed by atoms with van der Waals surface area (Å²) in [6.45, 7) is 2.06. The summed E-state index contributed by atoms with van der Waals surface area (Å²) >= 11 is 0. The van der Waals surface area contributed by atoms with E-state index >= 15 is 0 Å². The number of carboxylic acid groups (broad SMARTS) is 1. The number of hydrogen-bond donors (Lipinski definition) is 2. The van der Waals surface area contributed by atoms with Crippen LogP contribution in [0.4, 0.5) is 0 Å². The van der Waals surface area contributed by atoms with Crippen LogP contribution in [-0.4, -0.2) is 41.9 Å². The Morgan fingerprint density at radius 3 is 2.90 bits per heavy atom. The summed E-state index contributed by atoms with van der Waals surface area (Å²) in [7, 11) is -3.72. The highest BCUT2D eigenvalue weighted by atomic mass is 32.2.